The molecule has 1 saturated heterocycles. The fourth-order valence-electron chi connectivity index (χ4n) is 6.76. The summed E-state index contributed by atoms with van der Waals surface area (Å²) in [6, 6.07) is 6.91. The van der Waals surface area contributed by atoms with Crippen LogP contribution in [0, 0.1) is 17.3 Å². The number of benzene rings is 1. The summed E-state index contributed by atoms with van der Waals surface area (Å²) in [5.74, 6) is 0.725. The third-order valence-electron chi connectivity index (χ3n) is 9.00. The highest BCUT2D eigenvalue weighted by molar-refractivity contribution is 6.30. The van der Waals surface area contributed by atoms with Crippen molar-refractivity contribution in [1.29, 1.82) is 0 Å². The van der Waals surface area contributed by atoms with Crippen LogP contribution in [0.15, 0.2) is 24.3 Å². The Hall–Kier alpha value is -1.88. The van der Waals surface area contributed by atoms with E-state index in [2.05, 4.69) is 5.32 Å². The first kappa shape index (κ1) is 26.2. The number of hydrogen-bond donors (Lipinski definition) is 1. The van der Waals surface area contributed by atoms with Gasteiger partial charge in [0.15, 0.2) is 0 Å². The van der Waals surface area contributed by atoms with E-state index in [0.717, 1.165) is 56.9 Å². The van der Waals surface area contributed by atoms with E-state index >= 15 is 0 Å². The number of hydrogen-bond acceptors (Lipinski definition) is 3. The van der Waals surface area contributed by atoms with Crippen molar-refractivity contribution in [2.24, 2.45) is 17.3 Å². The first-order valence-electron chi connectivity index (χ1n) is 13.7. The van der Waals surface area contributed by atoms with Crippen molar-refractivity contribution < 1.29 is 14.4 Å². The van der Waals surface area contributed by atoms with Gasteiger partial charge in [0.25, 0.3) is 0 Å². The zero-order chi connectivity index (χ0) is 24.8. The van der Waals surface area contributed by atoms with Crippen LogP contribution in [-0.2, 0) is 20.8 Å². The van der Waals surface area contributed by atoms with Crippen molar-refractivity contribution in [3.05, 3.63) is 34.9 Å². The Morgan fingerprint density at radius 3 is 2.09 bits per heavy atom. The molecule has 192 valence electrons. The van der Waals surface area contributed by atoms with Gasteiger partial charge in [-0.2, -0.15) is 0 Å². The van der Waals surface area contributed by atoms with Crippen LogP contribution >= 0.6 is 11.6 Å². The van der Waals surface area contributed by atoms with Gasteiger partial charge in [-0.05, 0) is 69.1 Å². The Kier molecular flexibility index (Phi) is 8.91. The Bertz CT molecular complexity index is 880. The summed E-state index contributed by atoms with van der Waals surface area (Å²) in [5.41, 5.74) is 0.697. The zero-order valence-electron chi connectivity index (χ0n) is 21.2. The number of nitrogens with one attached hydrogen (secondary N) is 1. The largest absolute Gasteiger partial charge is 0.344 e. The van der Waals surface area contributed by atoms with Crippen LogP contribution in [0.5, 0.6) is 0 Å². The van der Waals surface area contributed by atoms with Crippen molar-refractivity contribution in [2.75, 3.05) is 13.1 Å². The Labute approximate surface area is 215 Å². The van der Waals surface area contributed by atoms with E-state index in [0.29, 0.717) is 36.2 Å². The van der Waals surface area contributed by atoms with Crippen LogP contribution in [0.25, 0.3) is 0 Å². The molecule has 35 heavy (non-hydrogen) atoms. The van der Waals surface area contributed by atoms with Crippen LogP contribution in [0.4, 0.5) is 0 Å². The number of rotatable bonds is 7. The molecule has 0 bridgehead atoms. The topological polar surface area (TPSA) is 66.5 Å². The van der Waals surface area contributed by atoms with E-state index in [1.54, 1.807) is 6.92 Å². The standard InChI is InChI=1S/C29H41ClN2O3/c1-21(33)29(24-10-6-3-7-11-24)16-18-32(19-17-29)28(35)26(20-22-12-14-25(30)15-13-22)31-27(34)23-8-4-2-5-9-23/h12-15,23-24,26H,2-11,16-20H2,1H3,(H,31,34)/t26-/m1/s1. The number of Topliss-reactive ketones (excluding diaryl/α,β-unsaturated/α-hetero) is 1. The van der Waals surface area contributed by atoms with Crippen molar-refractivity contribution >= 4 is 29.2 Å². The summed E-state index contributed by atoms with van der Waals surface area (Å²) in [6.45, 7) is 2.93. The minimum atomic E-state index is -0.592. The average Bonchev–Trinajstić information content (AvgIpc) is 2.90. The fraction of sp³-hybridized carbons (Fsp3) is 0.690. The lowest BCUT2D eigenvalue weighted by atomic mass is 9.62. The summed E-state index contributed by atoms with van der Waals surface area (Å²) in [6.07, 6.45) is 13.0. The van der Waals surface area contributed by atoms with Crippen LogP contribution in [0.2, 0.25) is 5.02 Å². The van der Waals surface area contributed by atoms with Gasteiger partial charge in [0, 0.05) is 35.9 Å². The highest BCUT2D eigenvalue weighted by Gasteiger charge is 2.46. The van der Waals surface area contributed by atoms with Crippen LogP contribution in [-0.4, -0.2) is 41.6 Å². The van der Waals surface area contributed by atoms with E-state index in [1.165, 1.54) is 25.7 Å². The molecule has 6 heteroatoms. The van der Waals surface area contributed by atoms with Crippen molar-refractivity contribution in [3.63, 3.8) is 0 Å². The lowest BCUT2D eigenvalue weighted by molar-refractivity contribution is -0.144. The van der Waals surface area contributed by atoms with Crippen molar-refractivity contribution in [2.45, 2.75) is 96.4 Å². The molecule has 2 saturated carbocycles. The molecule has 1 atom stereocenters. The molecule has 1 N–H and O–H groups in total. The van der Waals surface area contributed by atoms with E-state index in [9.17, 15) is 14.4 Å². The SMILES string of the molecule is CC(=O)C1(C2CCCCC2)CCN(C(=O)[C@@H](Cc2ccc(Cl)cc2)NC(=O)C2CCCCC2)CC1. The minimum Gasteiger partial charge on any atom is -0.344 e. The minimum absolute atomic E-state index is 0.00212. The van der Waals surface area contributed by atoms with Gasteiger partial charge in [0.05, 0.1) is 0 Å². The molecular weight excluding hydrogens is 460 g/mol. The molecule has 4 rings (SSSR count). The predicted octanol–water partition coefficient (Wildman–Crippen LogP) is 5.73. The molecule has 2 aliphatic carbocycles. The lowest BCUT2D eigenvalue weighted by Gasteiger charge is -2.47. The second-order valence-corrected chi connectivity index (χ2v) is 11.5. The van der Waals surface area contributed by atoms with Crippen molar-refractivity contribution in [3.8, 4) is 0 Å². The summed E-state index contributed by atoms with van der Waals surface area (Å²) in [4.78, 5) is 41.6. The highest BCUT2D eigenvalue weighted by Crippen LogP contribution is 2.46. The van der Waals surface area contributed by atoms with Gasteiger partial charge in [0.1, 0.15) is 11.8 Å². The Morgan fingerprint density at radius 1 is 0.943 bits per heavy atom. The van der Waals surface area contributed by atoms with Gasteiger partial charge in [-0.1, -0.05) is 62.3 Å². The summed E-state index contributed by atoms with van der Waals surface area (Å²) in [5, 5.41) is 3.78. The maximum absolute atomic E-state index is 13.7. The maximum atomic E-state index is 13.7. The number of amides is 2. The molecule has 0 radical (unpaired) electrons. The van der Waals surface area contributed by atoms with E-state index in [4.69, 9.17) is 11.6 Å². The van der Waals surface area contributed by atoms with Crippen LogP contribution < -0.4 is 5.32 Å². The molecule has 2 amide bonds. The number of carbonyl (C=O) groups excluding carboxylic acids is 3. The number of carbonyl (C=O) groups is 3. The highest BCUT2D eigenvalue weighted by atomic mass is 35.5. The number of likely N-dealkylation sites (tertiary alicyclic amines) is 1. The molecule has 0 aromatic heterocycles. The van der Waals surface area contributed by atoms with Gasteiger partial charge in [-0.25, -0.2) is 0 Å². The normalized spacial score (nSPS) is 22.4. The van der Waals surface area contributed by atoms with Crippen LogP contribution in [0.3, 0.4) is 0 Å². The molecule has 1 aliphatic heterocycles. The number of halogens is 1. The first-order valence-corrected chi connectivity index (χ1v) is 14.1. The van der Waals surface area contributed by atoms with Gasteiger partial charge in [0.2, 0.25) is 11.8 Å². The third kappa shape index (κ3) is 6.28. The first-order chi connectivity index (χ1) is 16.9. The molecular formula is C29H41ClN2O3. The number of ketones is 1. The van der Waals surface area contributed by atoms with Gasteiger partial charge in [-0.15, -0.1) is 0 Å². The van der Waals surface area contributed by atoms with Crippen molar-refractivity contribution in [1.82, 2.24) is 10.2 Å². The average molecular weight is 501 g/mol. The van der Waals surface area contributed by atoms with E-state index < -0.39 is 6.04 Å². The fourth-order valence-corrected chi connectivity index (χ4v) is 6.89. The zero-order valence-corrected chi connectivity index (χ0v) is 22.0. The molecule has 1 heterocycles. The number of nitrogens with zero attached hydrogens (tertiary/aromatic N) is 1. The Morgan fingerprint density at radius 2 is 1.51 bits per heavy atom. The maximum Gasteiger partial charge on any atom is 0.245 e. The Balaban J connectivity index is 1.46. The second-order valence-electron chi connectivity index (χ2n) is 11.1. The lowest BCUT2D eigenvalue weighted by Crippen LogP contribution is -2.55. The molecule has 0 spiro atoms. The number of piperidine rings is 1. The molecule has 3 fully saturated rings. The van der Waals surface area contributed by atoms with Gasteiger partial charge in [-0.3, -0.25) is 14.4 Å². The monoisotopic (exact) mass is 500 g/mol. The second kappa shape index (κ2) is 11.9. The molecule has 1 aromatic rings. The molecule has 1 aromatic carbocycles. The van der Waals surface area contributed by atoms with E-state index in [1.807, 2.05) is 29.2 Å². The third-order valence-corrected chi connectivity index (χ3v) is 9.25. The quantitative estimate of drug-likeness (QED) is 0.520. The molecule has 3 aliphatic rings. The summed E-state index contributed by atoms with van der Waals surface area (Å²) in [7, 11) is 0. The van der Waals surface area contributed by atoms with Gasteiger partial charge >= 0.3 is 0 Å². The summed E-state index contributed by atoms with van der Waals surface area (Å²) >= 11 is 6.06. The molecule has 5 nitrogen and oxygen atoms in total. The van der Waals surface area contributed by atoms with Crippen LogP contribution in [0.1, 0.15) is 89.5 Å². The summed E-state index contributed by atoms with van der Waals surface area (Å²) < 4.78 is 0. The smallest absolute Gasteiger partial charge is 0.245 e. The van der Waals surface area contributed by atoms with Gasteiger partial charge < -0.3 is 10.2 Å². The molecule has 0 unspecified atom stereocenters. The predicted molar refractivity (Wildman–Crippen MR) is 139 cm³/mol. The van der Waals surface area contributed by atoms with E-state index in [-0.39, 0.29) is 23.1 Å².